The van der Waals surface area contributed by atoms with Crippen LogP contribution in [0.25, 0.3) is 11.0 Å². The molecule has 8 aromatic heterocycles. The quantitative estimate of drug-likeness (QED) is 0.151. The maximum Gasteiger partial charge on any atom is 0.134 e. The van der Waals surface area contributed by atoms with E-state index in [0.29, 0.717) is 0 Å². The maximum absolute atomic E-state index is 5.37. The van der Waals surface area contributed by atoms with Gasteiger partial charge >= 0.3 is 0 Å². The lowest BCUT2D eigenvalue weighted by Crippen LogP contribution is -1.72. The molecule has 0 amide bonds. The Labute approximate surface area is 329 Å². The molecule has 55 heavy (non-hydrogen) atoms. The maximum atomic E-state index is 5.37. The standard InChI is InChI=1S/C9H8O.3C6H7N.2C5H6O.C5H6S.C4H5NO/c1-7-6-8-4-2-3-5-9(8)10-7;1-6-2-4-7-5-3-6;1-6-3-2-4-7-5-6;1-6-4-2-3-5-7-6;1-5-2-3-6-4-5;1-5-3-2-4-6-5;1-5-2-3-6-4-5;1-4-2-5-6-3-4/h2-6H,1H3;3*2-5H,1H3;3*2-4H,1H3;2-3H,1H3. The van der Waals surface area contributed by atoms with E-state index in [1.165, 1.54) is 27.6 Å². The number of benzene rings is 1. The van der Waals surface area contributed by atoms with Crippen molar-refractivity contribution in [3.05, 3.63) is 215 Å². The molecule has 0 radical (unpaired) electrons. The first-order valence-electron chi connectivity index (χ1n) is 17.5. The number of rotatable bonds is 0. The lowest BCUT2D eigenvalue weighted by atomic mass is 10.2. The number of aryl methyl sites for hydroxylation is 8. The highest BCUT2D eigenvalue weighted by Gasteiger charge is 1.95. The first-order chi connectivity index (χ1) is 26.6. The van der Waals surface area contributed by atoms with Crippen molar-refractivity contribution in [3.8, 4) is 0 Å². The van der Waals surface area contributed by atoms with Crippen LogP contribution < -0.4 is 0 Å². The van der Waals surface area contributed by atoms with Gasteiger partial charge in [-0.3, -0.25) is 15.0 Å². The Morgan fingerprint density at radius 2 is 1.31 bits per heavy atom. The van der Waals surface area contributed by atoms with Crippen LogP contribution in [0.5, 0.6) is 0 Å². The number of para-hydroxylation sites is 1. The second kappa shape index (κ2) is 28.2. The number of furan rings is 3. The Morgan fingerprint density at radius 3 is 1.64 bits per heavy atom. The molecule has 0 saturated heterocycles. The van der Waals surface area contributed by atoms with Crippen LogP contribution in [0.2, 0.25) is 0 Å². The van der Waals surface area contributed by atoms with Crippen LogP contribution in [0.4, 0.5) is 0 Å². The second-order valence-corrected chi connectivity index (χ2v) is 12.7. The van der Waals surface area contributed by atoms with E-state index in [9.17, 15) is 0 Å². The van der Waals surface area contributed by atoms with Crippen LogP contribution in [0.15, 0.2) is 188 Å². The lowest BCUT2D eigenvalue weighted by molar-refractivity contribution is 0.419. The topological polar surface area (TPSA) is 104 Å². The number of nitrogens with zero attached hydrogens (tertiary/aromatic N) is 4. The average Bonchev–Trinajstić information content (AvgIpc) is 4.06. The molecule has 0 saturated carbocycles. The summed E-state index contributed by atoms with van der Waals surface area (Å²) in [6.07, 6.45) is 17.3. The van der Waals surface area contributed by atoms with E-state index in [-0.39, 0.29) is 0 Å². The molecule has 8 nitrogen and oxygen atoms in total. The summed E-state index contributed by atoms with van der Waals surface area (Å²) < 4.78 is 19.4. The van der Waals surface area contributed by atoms with Crippen LogP contribution in [0, 0.1) is 55.4 Å². The molecule has 9 rings (SSSR count). The molecule has 286 valence electrons. The molecule has 0 aliphatic carbocycles. The summed E-state index contributed by atoms with van der Waals surface area (Å²) in [5.41, 5.74) is 8.12. The highest BCUT2D eigenvalue weighted by Crippen LogP contribution is 2.17. The van der Waals surface area contributed by atoms with Gasteiger partial charge in [0.05, 0.1) is 25.0 Å². The van der Waals surface area contributed by atoms with Crippen molar-refractivity contribution in [2.24, 2.45) is 0 Å². The fourth-order valence-corrected chi connectivity index (χ4v) is 4.39. The number of aromatic nitrogens is 4. The van der Waals surface area contributed by atoms with Crippen molar-refractivity contribution in [2.45, 2.75) is 55.4 Å². The summed E-state index contributed by atoms with van der Waals surface area (Å²) in [4.78, 5) is 11.7. The SMILES string of the molecule is Cc1cc2ccccc2o1.Cc1ccccn1.Cc1cccnc1.Cc1ccco1.Cc1ccncc1.Cc1ccoc1.Cc1ccsc1.Cc1cnoc1. The van der Waals surface area contributed by atoms with E-state index in [1.54, 1.807) is 67.4 Å². The third kappa shape index (κ3) is 23.8. The number of hydrogen-bond donors (Lipinski definition) is 0. The van der Waals surface area contributed by atoms with Gasteiger partial charge in [0.15, 0.2) is 0 Å². The molecule has 0 spiro atoms. The fraction of sp³-hybridized carbons (Fsp3) is 0.174. The van der Waals surface area contributed by atoms with Gasteiger partial charge in [-0.2, -0.15) is 11.3 Å². The van der Waals surface area contributed by atoms with Crippen LogP contribution in [-0.2, 0) is 0 Å². The van der Waals surface area contributed by atoms with Crippen LogP contribution >= 0.6 is 11.3 Å². The molecular weight excluding hydrogens is 705 g/mol. The van der Waals surface area contributed by atoms with Gasteiger partial charge in [0, 0.05) is 47.6 Å². The van der Waals surface area contributed by atoms with Crippen LogP contribution in [0.3, 0.4) is 0 Å². The number of fused-ring (bicyclic) bond motifs is 1. The highest BCUT2D eigenvalue weighted by atomic mass is 32.1. The summed E-state index contributed by atoms with van der Waals surface area (Å²) in [5, 5.41) is 8.83. The summed E-state index contributed by atoms with van der Waals surface area (Å²) in [6, 6.07) is 31.6. The Hall–Kier alpha value is -6.32. The minimum Gasteiger partial charge on any atom is -0.472 e. The van der Waals surface area contributed by atoms with Crippen molar-refractivity contribution >= 4 is 22.3 Å². The molecule has 0 fully saturated rings. The van der Waals surface area contributed by atoms with Crippen molar-refractivity contribution < 1.29 is 17.8 Å². The normalized spacial score (nSPS) is 9.09. The summed E-state index contributed by atoms with van der Waals surface area (Å²) >= 11 is 1.74. The Kier molecular flexibility index (Phi) is 23.0. The Balaban J connectivity index is 0.000000219. The van der Waals surface area contributed by atoms with Gasteiger partial charge in [0.2, 0.25) is 0 Å². The summed E-state index contributed by atoms with van der Waals surface area (Å²) in [6.45, 7) is 15.9. The monoisotopic (exact) mass is 756 g/mol. The van der Waals surface area contributed by atoms with Crippen LogP contribution in [-0.4, -0.2) is 20.1 Å². The molecule has 0 bridgehead atoms. The van der Waals surface area contributed by atoms with E-state index in [0.717, 1.165) is 28.4 Å². The first kappa shape index (κ1) is 44.8. The van der Waals surface area contributed by atoms with Gasteiger partial charge in [-0.1, -0.05) is 35.5 Å². The van der Waals surface area contributed by atoms with Gasteiger partial charge in [-0.25, -0.2) is 0 Å². The molecule has 0 aliphatic rings. The predicted molar refractivity (Wildman–Crippen MR) is 225 cm³/mol. The molecule has 0 aliphatic heterocycles. The third-order valence-corrected chi connectivity index (χ3v) is 7.37. The predicted octanol–water partition coefficient (Wildman–Crippen LogP) is 13.1. The van der Waals surface area contributed by atoms with Gasteiger partial charge in [-0.05, 0) is 155 Å². The van der Waals surface area contributed by atoms with Gasteiger partial charge in [0.1, 0.15) is 23.4 Å². The van der Waals surface area contributed by atoms with Crippen molar-refractivity contribution in [1.29, 1.82) is 0 Å². The molecule has 0 unspecified atom stereocenters. The third-order valence-electron chi connectivity index (χ3n) is 6.56. The molecule has 9 aromatic rings. The van der Waals surface area contributed by atoms with Gasteiger partial charge in [-0.15, -0.1) is 0 Å². The first-order valence-corrected chi connectivity index (χ1v) is 18.5. The summed E-state index contributed by atoms with van der Waals surface area (Å²) in [5.74, 6) is 1.94. The zero-order valence-electron chi connectivity index (χ0n) is 33.0. The van der Waals surface area contributed by atoms with E-state index in [4.69, 9.17) is 13.3 Å². The number of pyridine rings is 3. The Bertz CT molecular complexity index is 1860. The Morgan fingerprint density at radius 1 is 0.527 bits per heavy atom. The minimum atomic E-state index is 0.968. The van der Waals surface area contributed by atoms with Gasteiger partial charge < -0.3 is 17.8 Å². The molecule has 1 aromatic carbocycles. The zero-order chi connectivity index (χ0) is 39.9. The largest absolute Gasteiger partial charge is 0.472 e. The lowest BCUT2D eigenvalue weighted by Gasteiger charge is -1.82. The van der Waals surface area contributed by atoms with Gasteiger partial charge in [0.25, 0.3) is 0 Å². The van der Waals surface area contributed by atoms with E-state index in [1.807, 2.05) is 146 Å². The van der Waals surface area contributed by atoms with E-state index < -0.39 is 0 Å². The molecule has 9 heteroatoms. The number of hydrogen-bond acceptors (Lipinski definition) is 9. The average molecular weight is 757 g/mol. The van der Waals surface area contributed by atoms with Crippen molar-refractivity contribution in [1.82, 2.24) is 20.1 Å². The fourth-order valence-electron chi connectivity index (χ4n) is 3.72. The zero-order valence-corrected chi connectivity index (χ0v) is 33.8. The molecule has 0 N–H and O–H groups in total. The van der Waals surface area contributed by atoms with Crippen molar-refractivity contribution in [2.75, 3.05) is 0 Å². The van der Waals surface area contributed by atoms with Crippen molar-refractivity contribution in [3.63, 3.8) is 0 Å². The second-order valence-electron chi connectivity index (χ2n) is 11.9. The van der Waals surface area contributed by atoms with E-state index >= 15 is 0 Å². The minimum absolute atomic E-state index is 0.968. The van der Waals surface area contributed by atoms with E-state index in [2.05, 4.69) is 48.4 Å². The summed E-state index contributed by atoms with van der Waals surface area (Å²) in [7, 11) is 0. The number of thiophene rings is 1. The molecule has 8 heterocycles. The smallest absolute Gasteiger partial charge is 0.134 e. The molecule has 0 atom stereocenters. The highest BCUT2D eigenvalue weighted by molar-refractivity contribution is 7.07. The molecular formula is C46H52N4O4S. The van der Waals surface area contributed by atoms with Crippen LogP contribution in [0.1, 0.15) is 45.0 Å².